The second-order valence-electron chi connectivity index (χ2n) is 7.71. The first-order valence-electron chi connectivity index (χ1n) is 10.4. The van der Waals surface area contributed by atoms with Crippen molar-refractivity contribution in [2.24, 2.45) is 0 Å². The van der Waals surface area contributed by atoms with Crippen molar-refractivity contribution in [2.75, 3.05) is 25.1 Å². The van der Waals surface area contributed by atoms with Gasteiger partial charge in [0.25, 0.3) is 5.56 Å². The molecule has 1 saturated heterocycles. The number of anilines is 1. The number of rotatable bonds is 5. The Morgan fingerprint density at radius 2 is 1.94 bits per heavy atom. The highest BCUT2D eigenvalue weighted by Gasteiger charge is 2.32. The number of hydrogen-bond donors (Lipinski definition) is 1. The van der Waals surface area contributed by atoms with Gasteiger partial charge in [-0.2, -0.15) is 0 Å². The molecule has 0 atom stereocenters. The number of methoxy groups -OCH3 is 1. The number of aromatic nitrogens is 3. The van der Waals surface area contributed by atoms with Gasteiger partial charge in [0.05, 0.1) is 40.2 Å². The molecule has 32 heavy (non-hydrogen) atoms. The Kier molecular flexibility index (Phi) is 5.96. The molecular weight excluding hydrogens is 432 g/mol. The number of nitrogens with zero attached hydrogens (tertiary/aromatic N) is 3. The Hall–Kier alpha value is -3.27. The molecule has 0 amide bonds. The number of pyridine rings is 3. The zero-order chi connectivity index (χ0) is 22.9. The molecule has 0 bridgehead atoms. The van der Waals surface area contributed by atoms with Gasteiger partial charge < -0.3 is 14.6 Å². The first-order chi connectivity index (χ1) is 15.3. The van der Waals surface area contributed by atoms with Crippen LogP contribution in [-0.4, -0.2) is 54.8 Å². The molecule has 0 aliphatic carbocycles. The van der Waals surface area contributed by atoms with Crippen LogP contribution in [0.4, 0.5) is 5.69 Å². The lowest BCUT2D eigenvalue weighted by atomic mass is 10.1. The van der Waals surface area contributed by atoms with Crippen LogP contribution in [-0.2, 0) is 21.0 Å². The molecule has 1 aliphatic heterocycles. The van der Waals surface area contributed by atoms with Gasteiger partial charge in [0.1, 0.15) is 5.69 Å². The topological polar surface area (TPSA) is 122 Å². The molecule has 9 nitrogen and oxygen atoms in total. The van der Waals surface area contributed by atoms with Crippen molar-refractivity contribution in [2.45, 2.75) is 36.3 Å². The highest BCUT2D eigenvalue weighted by atomic mass is 32.2. The van der Waals surface area contributed by atoms with E-state index in [2.05, 4.69) is 19.7 Å². The number of hydrogen-bond acceptors (Lipinski definition) is 8. The summed E-state index contributed by atoms with van der Waals surface area (Å²) >= 11 is 0. The average molecular weight is 457 g/mol. The average Bonchev–Trinajstić information content (AvgIpc) is 2.82. The molecule has 10 heteroatoms. The van der Waals surface area contributed by atoms with E-state index in [1.165, 1.54) is 19.4 Å². The predicted octanol–water partition coefficient (Wildman–Crippen LogP) is 2.11. The zero-order valence-corrected chi connectivity index (χ0v) is 18.7. The van der Waals surface area contributed by atoms with Crippen LogP contribution in [0, 0.1) is 0 Å². The molecule has 3 aromatic heterocycles. The number of esters is 1. The molecule has 3 aromatic rings. The van der Waals surface area contributed by atoms with Gasteiger partial charge in [0.2, 0.25) is 0 Å². The smallest absolute Gasteiger partial charge is 0.356 e. The van der Waals surface area contributed by atoms with Crippen LogP contribution in [0.5, 0.6) is 0 Å². The zero-order valence-electron chi connectivity index (χ0n) is 17.9. The van der Waals surface area contributed by atoms with Gasteiger partial charge in [0.15, 0.2) is 9.84 Å². The van der Waals surface area contributed by atoms with Gasteiger partial charge in [-0.25, -0.2) is 18.2 Å². The summed E-state index contributed by atoms with van der Waals surface area (Å²) in [5.41, 5.74) is 2.42. The number of carbonyl (C=O) groups is 1. The summed E-state index contributed by atoms with van der Waals surface area (Å²) in [5.74, 6) is -0.502. The number of fused-ring (bicyclic) bond motifs is 1. The number of aromatic amines is 1. The van der Waals surface area contributed by atoms with Crippen LogP contribution >= 0.6 is 0 Å². The maximum atomic E-state index is 13.2. The van der Waals surface area contributed by atoms with E-state index in [1.807, 2.05) is 11.8 Å². The second-order valence-corrected chi connectivity index (χ2v) is 9.93. The Morgan fingerprint density at radius 1 is 1.19 bits per heavy atom. The van der Waals surface area contributed by atoms with Gasteiger partial charge in [0, 0.05) is 24.8 Å². The van der Waals surface area contributed by atoms with E-state index in [1.54, 1.807) is 24.4 Å². The van der Waals surface area contributed by atoms with E-state index >= 15 is 0 Å². The number of carbonyl (C=O) groups excluding carboxylic acids is 1. The van der Waals surface area contributed by atoms with Gasteiger partial charge in [-0.15, -0.1) is 0 Å². The van der Waals surface area contributed by atoms with Crippen molar-refractivity contribution in [3.63, 3.8) is 0 Å². The fraction of sp³-hybridized carbons (Fsp3) is 0.364. The van der Waals surface area contributed by atoms with Crippen LogP contribution in [0.25, 0.3) is 11.0 Å². The molecule has 1 aliphatic rings. The van der Waals surface area contributed by atoms with Crippen LogP contribution in [0.2, 0.25) is 0 Å². The van der Waals surface area contributed by atoms with Crippen molar-refractivity contribution < 1.29 is 17.9 Å². The number of nitrogens with one attached hydrogen (secondary N) is 1. The molecule has 0 spiro atoms. The van der Waals surface area contributed by atoms with Crippen LogP contribution in [0.1, 0.15) is 35.8 Å². The number of aryl methyl sites for hydroxylation is 1. The van der Waals surface area contributed by atoms with Crippen LogP contribution < -0.4 is 10.5 Å². The monoisotopic (exact) mass is 456 g/mol. The fourth-order valence-corrected chi connectivity index (χ4v) is 5.64. The predicted molar refractivity (Wildman–Crippen MR) is 120 cm³/mol. The first-order valence-corrected chi connectivity index (χ1v) is 11.9. The summed E-state index contributed by atoms with van der Waals surface area (Å²) in [7, 11) is -2.30. The van der Waals surface area contributed by atoms with E-state index in [-0.39, 0.29) is 16.1 Å². The summed E-state index contributed by atoms with van der Waals surface area (Å²) in [6.07, 6.45) is 4.44. The first kappa shape index (κ1) is 21.9. The van der Waals surface area contributed by atoms with Crippen molar-refractivity contribution in [3.05, 3.63) is 58.3 Å². The van der Waals surface area contributed by atoms with Gasteiger partial charge in [-0.1, -0.05) is 6.92 Å². The Labute approximate surface area is 185 Å². The minimum absolute atomic E-state index is 0.118. The van der Waals surface area contributed by atoms with Crippen molar-refractivity contribution in [1.29, 1.82) is 0 Å². The standard InChI is InChI=1S/C22H24N4O5S/c1-3-14-10-19-20(25-21(14)27)11-17(13-24-19)32(29,30)16-6-8-26(9-7-16)15-4-5-18(23-12-15)22(28)31-2/h4-5,10-13,16H,3,6-9H2,1-2H3,(H,25,27). The van der Waals surface area contributed by atoms with Gasteiger partial charge in [-0.3, -0.25) is 9.78 Å². The molecule has 168 valence electrons. The maximum absolute atomic E-state index is 13.2. The summed E-state index contributed by atoms with van der Waals surface area (Å²) in [5, 5.41) is -0.540. The van der Waals surface area contributed by atoms with E-state index < -0.39 is 21.1 Å². The van der Waals surface area contributed by atoms with E-state index in [9.17, 15) is 18.0 Å². The molecule has 4 heterocycles. The minimum atomic E-state index is -3.60. The SMILES string of the molecule is CCc1cc2ncc(S(=O)(=O)C3CCN(c4ccc(C(=O)OC)nc4)CC3)cc2[nH]c1=O. The fourth-order valence-electron chi connectivity index (χ4n) is 3.94. The van der Waals surface area contributed by atoms with Crippen molar-refractivity contribution in [1.82, 2.24) is 15.0 Å². The summed E-state index contributed by atoms with van der Waals surface area (Å²) in [6, 6.07) is 6.57. The number of H-pyrrole nitrogens is 1. The molecule has 0 saturated carbocycles. The normalized spacial score (nSPS) is 15.1. The number of piperidine rings is 1. The summed E-state index contributed by atoms with van der Waals surface area (Å²) in [6.45, 7) is 2.97. The van der Waals surface area contributed by atoms with E-state index in [0.717, 1.165) is 5.69 Å². The lowest BCUT2D eigenvalue weighted by Gasteiger charge is -2.33. The molecule has 0 aromatic carbocycles. The molecule has 1 fully saturated rings. The summed E-state index contributed by atoms with van der Waals surface area (Å²) in [4.78, 5) is 36.9. The Bertz CT molecular complexity index is 1310. The Morgan fingerprint density at radius 3 is 2.56 bits per heavy atom. The largest absolute Gasteiger partial charge is 0.464 e. The van der Waals surface area contributed by atoms with Crippen molar-refractivity contribution in [3.8, 4) is 0 Å². The quantitative estimate of drug-likeness (QED) is 0.579. The molecule has 0 unspecified atom stereocenters. The van der Waals surface area contributed by atoms with Crippen LogP contribution in [0.15, 0.2) is 46.3 Å². The molecule has 0 radical (unpaired) electrons. The highest BCUT2D eigenvalue weighted by molar-refractivity contribution is 7.92. The lowest BCUT2D eigenvalue weighted by Crippen LogP contribution is -2.39. The number of ether oxygens (including phenoxy) is 1. The third-order valence-corrected chi connectivity index (χ3v) is 8.07. The molecular formula is C22H24N4O5S. The lowest BCUT2D eigenvalue weighted by molar-refractivity contribution is 0.0594. The molecule has 4 rings (SSSR count). The van der Waals surface area contributed by atoms with E-state index in [4.69, 9.17) is 0 Å². The number of sulfone groups is 1. The van der Waals surface area contributed by atoms with Crippen molar-refractivity contribution >= 4 is 32.5 Å². The summed E-state index contributed by atoms with van der Waals surface area (Å²) < 4.78 is 31.1. The van der Waals surface area contributed by atoms with Crippen LogP contribution in [0.3, 0.4) is 0 Å². The van der Waals surface area contributed by atoms with E-state index in [0.29, 0.717) is 48.9 Å². The molecule has 1 N–H and O–H groups in total. The highest BCUT2D eigenvalue weighted by Crippen LogP contribution is 2.28. The van der Waals surface area contributed by atoms with Gasteiger partial charge in [-0.05, 0) is 43.5 Å². The third-order valence-electron chi connectivity index (χ3n) is 5.84. The second kappa shape index (κ2) is 8.70. The van der Waals surface area contributed by atoms with Gasteiger partial charge >= 0.3 is 5.97 Å². The third kappa shape index (κ3) is 4.10. The minimum Gasteiger partial charge on any atom is -0.464 e. The maximum Gasteiger partial charge on any atom is 0.356 e. The Balaban J connectivity index is 1.50.